The number of benzene rings is 1. The molecule has 0 amide bonds. The summed E-state index contributed by atoms with van der Waals surface area (Å²) in [6.45, 7) is 0.872. The molecule has 4 bridgehead atoms. The van der Waals surface area contributed by atoms with Crippen LogP contribution in [0.5, 0.6) is 0 Å². The van der Waals surface area contributed by atoms with E-state index in [4.69, 9.17) is 5.73 Å². The molecule has 10 heteroatoms. The lowest BCUT2D eigenvalue weighted by atomic mass is 9.48. The van der Waals surface area contributed by atoms with Crippen LogP contribution in [0.2, 0.25) is 0 Å². The molecule has 4 aliphatic carbocycles. The summed E-state index contributed by atoms with van der Waals surface area (Å²) < 4.78 is 38.6. The lowest BCUT2D eigenvalue weighted by Crippen LogP contribution is -2.58. The summed E-state index contributed by atoms with van der Waals surface area (Å²) in [5, 5.41) is 16.0. The van der Waals surface area contributed by atoms with Gasteiger partial charge < -0.3 is 16.4 Å². The number of halogens is 3. The lowest BCUT2D eigenvalue weighted by Gasteiger charge is -2.59. The molecule has 0 saturated heterocycles. The second-order valence-corrected chi connectivity index (χ2v) is 11.1. The summed E-state index contributed by atoms with van der Waals surface area (Å²) in [5.74, 6) is 2.63. The Morgan fingerprint density at radius 2 is 1.88 bits per heavy atom. The fourth-order valence-electron chi connectivity index (χ4n) is 6.45. The highest BCUT2D eigenvalue weighted by Gasteiger charge is 2.54. The molecule has 0 spiro atoms. The molecule has 180 valence electrons. The zero-order valence-electron chi connectivity index (χ0n) is 18.6. The highest BCUT2D eigenvalue weighted by Crippen LogP contribution is 2.59. The Bertz CT molecular complexity index is 1080. The van der Waals surface area contributed by atoms with Gasteiger partial charge in [-0.15, -0.1) is 0 Å². The van der Waals surface area contributed by atoms with Crippen molar-refractivity contribution in [3.8, 4) is 6.07 Å². The molecule has 34 heavy (non-hydrogen) atoms. The molecule has 1 aromatic heterocycles. The first-order valence-electron chi connectivity index (χ1n) is 11.6. The normalized spacial score (nSPS) is 29.6. The van der Waals surface area contributed by atoms with Gasteiger partial charge in [-0.1, -0.05) is 18.2 Å². The molecule has 0 aliphatic heterocycles. The highest BCUT2D eigenvalue weighted by molar-refractivity contribution is 8.00. The number of anilines is 2. The number of thioether (sulfide) groups is 1. The van der Waals surface area contributed by atoms with E-state index in [1.165, 1.54) is 31.5 Å². The fraction of sp³-hybridized carbons (Fsp3) is 0.542. The topological polar surface area (TPSA) is 99.6 Å². The molecule has 1 heterocycles. The van der Waals surface area contributed by atoms with Crippen LogP contribution in [0.3, 0.4) is 0 Å². The molecule has 2 aromatic rings. The predicted molar refractivity (Wildman–Crippen MR) is 125 cm³/mol. The lowest BCUT2D eigenvalue weighted by molar-refractivity contribution is -0.0591. The van der Waals surface area contributed by atoms with Crippen LogP contribution in [0.1, 0.15) is 43.2 Å². The Hall–Kier alpha value is -2.51. The number of hydrogen-bond acceptors (Lipinski definition) is 7. The van der Waals surface area contributed by atoms with Gasteiger partial charge in [-0.3, -0.25) is 0 Å². The maximum Gasteiger partial charge on any atom is 0.446 e. The standard InChI is InChI=1S/C24H27F3N6S/c25-24(26,27)34-19-4-2-1-3-15(19)11-30-22-31-12-18(10-28)21(33-22)32-13-23-7-14-5-16(8-23)20(29)17(6-14)9-23/h1-4,12,14,16-17,20H,5-9,11,13,29H2,(H2,30,31,32,33)/t14?,16-,17+,20-,23-. The summed E-state index contributed by atoms with van der Waals surface area (Å²) in [6.07, 6.45) is 7.33. The molecule has 1 aromatic carbocycles. The molecule has 4 fully saturated rings. The van der Waals surface area contributed by atoms with E-state index >= 15 is 0 Å². The number of nitrogens with zero attached hydrogens (tertiary/aromatic N) is 3. The Labute approximate surface area is 200 Å². The van der Waals surface area contributed by atoms with Crippen molar-refractivity contribution in [3.05, 3.63) is 41.6 Å². The fourth-order valence-corrected chi connectivity index (χ4v) is 7.12. The second-order valence-electron chi connectivity index (χ2n) is 9.98. The van der Waals surface area contributed by atoms with Gasteiger partial charge in [0.1, 0.15) is 17.5 Å². The number of rotatable bonds is 7. The minimum Gasteiger partial charge on any atom is -0.368 e. The first-order valence-corrected chi connectivity index (χ1v) is 12.4. The van der Waals surface area contributed by atoms with Crippen molar-refractivity contribution in [1.82, 2.24) is 9.97 Å². The highest BCUT2D eigenvalue weighted by atomic mass is 32.2. The van der Waals surface area contributed by atoms with E-state index in [9.17, 15) is 18.4 Å². The largest absolute Gasteiger partial charge is 0.446 e. The summed E-state index contributed by atoms with van der Waals surface area (Å²) in [5.41, 5.74) is 3.14. The SMILES string of the molecule is N#Cc1cnc(NCc2ccccc2SC(F)(F)F)nc1NC[C@]12CC3C[C@H](C1)[C@@H](N)[C@@H](C3)C2. The number of nitrogens with two attached hydrogens (primary N) is 1. The van der Waals surface area contributed by atoms with Gasteiger partial charge >= 0.3 is 5.51 Å². The minimum atomic E-state index is -4.36. The Balaban J connectivity index is 1.28. The summed E-state index contributed by atoms with van der Waals surface area (Å²) in [6, 6.07) is 8.80. The summed E-state index contributed by atoms with van der Waals surface area (Å²) in [7, 11) is 0. The molecule has 0 radical (unpaired) electrons. The van der Waals surface area contributed by atoms with E-state index in [-0.39, 0.29) is 34.6 Å². The molecule has 5 atom stereocenters. The van der Waals surface area contributed by atoms with Gasteiger partial charge in [0, 0.05) is 24.0 Å². The Morgan fingerprint density at radius 3 is 2.59 bits per heavy atom. The third kappa shape index (κ3) is 4.82. The van der Waals surface area contributed by atoms with E-state index in [1.807, 2.05) is 0 Å². The molecular formula is C24H27F3N6S. The van der Waals surface area contributed by atoms with Crippen LogP contribution < -0.4 is 16.4 Å². The van der Waals surface area contributed by atoms with E-state index in [2.05, 4.69) is 26.7 Å². The van der Waals surface area contributed by atoms with Crippen LogP contribution >= 0.6 is 11.8 Å². The Morgan fingerprint density at radius 1 is 1.15 bits per heavy atom. The van der Waals surface area contributed by atoms with Crippen molar-refractivity contribution in [2.24, 2.45) is 28.9 Å². The van der Waals surface area contributed by atoms with Crippen LogP contribution in [0.4, 0.5) is 24.9 Å². The number of alkyl halides is 3. The summed E-state index contributed by atoms with van der Waals surface area (Å²) in [4.78, 5) is 8.80. The number of nitriles is 1. The van der Waals surface area contributed by atoms with Crippen molar-refractivity contribution in [3.63, 3.8) is 0 Å². The second kappa shape index (κ2) is 8.93. The third-order valence-electron chi connectivity index (χ3n) is 7.65. The smallest absolute Gasteiger partial charge is 0.368 e. The van der Waals surface area contributed by atoms with Gasteiger partial charge in [0.25, 0.3) is 0 Å². The monoisotopic (exact) mass is 488 g/mol. The molecule has 1 unspecified atom stereocenters. The van der Waals surface area contributed by atoms with Crippen molar-refractivity contribution in [2.45, 2.75) is 55.1 Å². The molecule has 4 saturated carbocycles. The van der Waals surface area contributed by atoms with Gasteiger partial charge in [-0.05, 0) is 78.7 Å². The predicted octanol–water partition coefficient (Wildman–Crippen LogP) is 5.14. The quantitative estimate of drug-likeness (QED) is 0.464. The van der Waals surface area contributed by atoms with E-state index < -0.39 is 5.51 Å². The van der Waals surface area contributed by atoms with Gasteiger partial charge in [0.2, 0.25) is 5.95 Å². The van der Waals surface area contributed by atoms with Gasteiger partial charge in [-0.2, -0.15) is 23.4 Å². The van der Waals surface area contributed by atoms with Gasteiger partial charge in [-0.25, -0.2) is 4.98 Å². The first-order chi connectivity index (χ1) is 16.2. The van der Waals surface area contributed by atoms with Crippen LogP contribution in [0, 0.1) is 34.5 Å². The average molecular weight is 489 g/mol. The van der Waals surface area contributed by atoms with Crippen molar-refractivity contribution in [1.29, 1.82) is 5.26 Å². The van der Waals surface area contributed by atoms with E-state index in [0.29, 0.717) is 34.8 Å². The van der Waals surface area contributed by atoms with E-state index in [0.717, 1.165) is 25.3 Å². The van der Waals surface area contributed by atoms with Crippen LogP contribution in [0.15, 0.2) is 35.4 Å². The number of aromatic nitrogens is 2. The van der Waals surface area contributed by atoms with Gasteiger partial charge in [0.15, 0.2) is 0 Å². The minimum absolute atomic E-state index is 0.134. The first kappa shape index (κ1) is 23.2. The van der Waals surface area contributed by atoms with Crippen LogP contribution in [0.25, 0.3) is 0 Å². The number of hydrogen-bond donors (Lipinski definition) is 3. The summed E-state index contributed by atoms with van der Waals surface area (Å²) >= 11 is -0.138. The molecule has 4 N–H and O–H groups in total. The number of nitrogens with one attached hydrogen (secondary N) is 2. The molecule has 4 aliphatic rings. The van der Waals surface area contributed by atoms with Gasteiger partial charge in [0.05, 0.1) is 6.20 Å². The molecular weight excluding hydrogens is 461 g/mol. The van der Waals surface area contributed by atoms with Crippen molar-refractivity contribution in [2.75, 3.05) is 17.2 Å². The Kier molecular flexibility index (Phi) is 6.10. The average Bonchev–Trinajstić information content (AvgIpc) is 2.79. The van der Waals surface area contributed by atoms with Crippen LogP contribution in [-0.2, 0) is 6.54 Å². The third-order valence-corrected chi connectivity index (χ3v) is 8.50. The van der Waals surface area contributed by atoms with Crippen molar-refractivity contribution < 1.29 is 13.2 Å². The van der Waals surface area contributed by atoms with Crippen molar-refractivity contribution >= 4 is 23.5 Å². The van der Waals surface area contributed by atoms with Crippen LogP contribution in [-0.4, -0.2) is 28.1 Å². The van der Waals surface area contributed by atoms with E-state index in [1.54, 1.807) is 18.2 Å². The zero-order chi connectivity index (χ0) is 23.9. The molecule has 6 rings (SSSR count). The molecule has 6 nitrogen and oxygen atoms in total. The maximum absolute atomic E-state index is 12.9. The maximum atomic E-state index is 12.9. The zero-order valence-corrected chi connectivity index (χ0v) is 19.4.